The second-order valence-electron chi connectivity index (χ2n) is 5.71. The first-order valence-electron chi connectivity index (χ1n) is 7.64. The van der Waals surface area contributed by atoms with Crippen molar-refractivity contribution in [1.29, 1.82) is 0 Å². The van der Waals surface area contributed by atoms with Crippen molar-refractivity contribution in [2.75, 3.05) is 51.4 Å². The average Bonchev–Trinajstić information content (AvgIpc) is 2.56. The standard InChI is InChI=1S/C15H25N5OS/c1-16-14(21)11-20-8-6-12(7-9-20)10-19(2)13-4-5-15(22-3)18-17-13/h4-5,12H,6-11H2,1-3H3,(H,16,21). The Morgan fingerprint density at radius 1 is 1.41 bits per heavy atom. The number of nitrogens with zero attached hydrogens (tertiary/aromatic N) is 4. The predicted molar refractivity (Wildman–Crippen MR) is 90.3 cm³/mol. The molecular formula is C15H25N5OS. The van der Waals surface area contributed by atoms with Crippen LogP contribution >= 0.6 is 11.8 Å². The average molecular weight is 323 g/mol. The normalized spacial score (nSPS) is 16.5. The molecule has 0 radical (unpaired) electrons. The number of likely N-dealkylation sites (tertiary alicyclic amines) is 1. The second kappa shape index (κ2) is 8.33. The minimum atomic E-state index is 0.0970. The Hall–Kier alpha value is -1.34. The highest BCUT2D eigenvalue weighted by molar-refractivity contribution is 7.98. The highest BCUT2D eigenvalue weighted by atomic mass is 32.2. The van der Waals surface area contributed by atoms with E-state index in [1.807, 2.05) is 18.4 Å². The van der Waals surface area contributed by atoms with E-state index in [4.69, 9.17) is 0 Å². The summed E-state index contributed by atoms with van der Waals surface area (Å²) in [5.74, 6) is 1.67. The smallest absolute Gasteiger partial charge is 0.233 e. The maximum atomic E-state index is 11.4. The zero-order chi connectivity index (χ0) is 15.9. The van der Waals surface area contributed by atoms with E-state index in [-0.39, 0.29) is 5.91 Å². The highest BCUT2D eigenvalue weighted by Gasteiger charge is 2.22. The maximum absolute atomic E-state index is 11.4. The lowest BCUT2D eigenvalue weighted by molar-refractivity contribution is -0.122. The molecule has 0 spiro atoms. The van der Waals surface area contributed by atoms with Gasteiger partial charge in [0, 0.05) is 20.6 Å². The van der Waals surface area contributed by atoms with Crippen molar-refractivity contribution in [3.05, 3.63) is 12.1 Å². The molecule has 1 N–H and O–H groups in total. The van der Waals surface area contributed by atoms with Crippen LogP contribution in [0.3, 0.4) is 0 Å². The van der Waals surface area contributed by atoms with Gasteiger partial charge in [0.1, 0.15) is 5.03 Å². The van der Waals surface area contributed by atoms with Crippen LogP contribution in [0.2, 0.25) is 0 Å². The van der Waals surface area contributed by atoms with E-state index in [0.717, 1.165) is 43.3 Å². The molecule has 1 amide bonds. The molecule has 0 unspecified atom stereocenters. The van der Waals surface area contributed by atoms with Crippen LogP contribution in [0.1, 0.15) is 12.8 Å². The van der Waals surface area contributed by atoms with E-state index in [2.05, 4.69) is 32.4 Å². The van der Waals surface area contributed by atoms with Gasteiger partial charge in [-0.05, 0) is 50.2 Å². The molecule has 1 aliphatic rings. The van der Waals surface area contributed by atoms with E-state index in [1.54, 1.807) is 18.8 Å². The first-order chi connectivity index (χ1) is 10.6. The monoisotopic (exact) mass is 323 g/mol. The van der Waals surface area contributed by atoms with Gasteiger partial charge < -0.3 is 10.2 Å². The van der Waals surface area contributed by atoms with Crippen molar-refractivity contribution in [1.82, 2.24) is 20.4 Å². The fourth-order valence-electron chi connectivity index (χ4n) is 2.72. The Bertz CT molecular complexity index is 473. The molecule has 1 saturated heterocycles. The molecule has 7 heteroatoms. The van der Waals surface area contributed by atoms with E-state index >= 15 is 0 Å². The number of hydrogen-bond donors (Lipinski definition) is 1. The number of anilines is 1. The quantitative estimate of drug-likeness (QED) is 0.791. The summed E-state index contributed by atoms with van der Waals surface area (Å²) >= 11 is 1.60. The van der Waals surface area contributed by atoms with Gasteiger partial charge in [-0.15, -0.1) is 22.0 Å². The van der Waals surface area contributed by atoms with Crippen LogP contribution in [0.15, 0.2) is 17.2 Å². The Balaban J connectivity index is 1.78. The van der Waals surface area contributed by atoms with Gasteiger partial charge in [0.05, 0.1) is 6.54 Å². The molecule has 1 aromatic rings. The Morgan fingerprint density at radius 3 is 2.68 bits per heavy atom. The Kier molecular flexibility index (Phi) is 6.45. The van der Waals surface area contributed by atoms with Crippen LogP contribution in [0.5, 0.6) is 0 Å². The van der Waals surface area contributed by atoms with Gasteiger partial charge in [-0.3, -0.25) is 9.69 Å². The largest absolute Gasteiger partial charge is 0.358 e. The maximum Gasteiger partial charge on any atom is 0.233 e. The number of thioether (sulfide) groups is 1. The summed E-state index contributed by atoms with van der Waals surface area (Å²) in [6.45, 7) is 3.48. The number of carbonyl (C=O) groups excluding carboxylic acids is 1. The molecular weight excluding hydrogens is 298 g/mol. The fraction of sp³-hybridized carbons (Fsp3) is 0.667. The highest BCUT2D eigenvalue weighted by Crippen LogP contribution is 2.20. The van der Waals surface area contributed by atoms with Crippen molar-refractivity contribution < 1.29 is 4.79 Å². The molecule has 1 aliphatic heterocycles. The number of hydrogen-bond acceptors (Lipinski definition) is 6. The second-order valence-corrected chi connectivity index (χ2v) is 6.53. The van der Waals surface area contributed by atoms with Gasteiger partial charge in [-0.2, -0.15) is 0 Å². The molecule has 122 valence electrons. The van der Waals surface area contributed by atoms with Crippen molar-refractivity contribution in [3.63, 3.8) is 0 Å². The van der Waals surface area contributed by atoms with Gasteiger partial charge in [0.2, 0.25) is 5.91 Å². The van der Waals surface area contributed by atoms with Crippen molar-refractivity contribution >= 4 is 23.5 Å². The number of nitrogens with one attached hydrogen (secondary N) is 1. The molecule has 22 heavy (non-hydrogen) atoms. The van der Waals surface area contributed by atoms with Crippen LogP contribution in [0.4, 0.5) is 5.82 Å². The minimum Gasteiger partial charge on any atom is -0.358 e. The van der Waals surface area contributed by atoms with E-state index in [1.165, 1.54) is 0 Å². The zero-order valence-corrected chi connectivity index (χ0v) is 14.4. The molecule has 1 fully saturated rings. The van der Waals surface area contributed by atoms with E-state index in [0.29, 0.717) is 12.5 Å². The summed E-state index contributed by atoms with van der Waals surface area (Å²) in [6, 6.07) is 4.04. The number of piperidine rings is 1. The van der Waals surface area contributed by atoms with Gasteiger partial charge in [-0.1, -0.05) is 0 Å². The van der Waals surface area contributed by atoms with Crippen LogP contribution in [0, 0.1) is 5.92 Å². The summed E-state index contributed by atoms with van der Waals surface area (Å²) in [5.41, 5.74) is 0. The molecule has 2 heterocycles. The molecule has 0 aromatic carbocycles. The molecule has 0 aliphatic carbocycles. The van der Waals surface area contributed by atoms with Crippen LogP contribution < -0.4 is 10.2 Å². The van der Waals surface area contributed by atoms with Crippen LogP contribution in [0.25, 0.3) is 0 Å². The number of amides is 1. The van der Waals surface area contributed by atoms with Gasteiger partial charge in [0.25, 0.3) is 0 Å². The van der Waals surface area contributed by atoms with Crippen molar-refractivity contribution in [2.45, 2.75) is 17.9 Å². The third-order valence-electron chi connectivity index (χ3n) is 4.11. The summed E-state index contributed by atoms with van der Waals surface area (Å²) in [6.07, 6.45) is 4.25. The first kappa shape index (κ1) is 17.0. The minimum absolute atomic E-state index is 0.0970. The topological polar surface area (TPSA) is 61.4 Å². The Labute approximate surface area is 136 Å². The van der Waals surface area contributed by atoms with E-state index < -0.39 is 0 Å². The van der Waals surface area contributed by atoms with Gasteiger partial charge in [0.15, 0.2) is 5.82 Å². The van der Waals surface area contributed by atoms with Gasteiger partial charge in [-0.25, -0.2) is 0 Å². The number of carbonyl (C=O) groups is 1. The third-order valence-corrected chi connectivity index (χ3v) is 4.75. The lowest BCUT2D eigenvalue weighted by Gasteiger charge is -2.33. The third kappa shape index (κ3) is 4.84. The SMILES string of the molecule is CNC(=O)CN1CCC(CN(C)c2ccc(SC)nn2)CC1. The summed E-state index contributed by atoms with van der Waals surface area (Å²) < 4.78 is 0. The Morgan fingerprint density at radius 2 is 2.14 bits per heavy atom. The zero-order valence-electron chi connectivity index (χ0n) is 13.6. The predicted octanol–water partition coefficient (Wildman–Crippen LogP) is 1.09. The lowest BCUT2D eigenvalue weighted by atomic mass is 9.96. The first-order valence-corrected chi connectivity index (χ1v) is 8.86. The van der Waals surface area contributed by atoms with Gasteiger partial charge >= 0.3 is 0 Å². The molecule has 2 rings (SSSR count). The van der Waals surface area contributed by atoms with E-state index in [9.17, 15) is 4.79 Å². The summed E-state index contributed by atoms with van der Waals surface area (Å²) in [5, 5.41) is 12.1. The molecule has 0 saturated carbocycles. The lowest BCUT2D eigenvalue weighted by Crippen LogP contribution is -2.42. The number of likely N-dealkylation sites (N-methyl/N-ethyl adjacent to an activating group) is 1. The molecule has 6 nitrogen and oxygen atoms in total. The summed E-state index contributed by atoms with van der Waals surface area (Å²) in [4.78, 5) is 15.8. The molecule has 0 bridgehead atoms. The fourth-order valence-corrected chi connectivity index (χ4v) is 3.04. The number of aromatic nitrogens is 2. The molecule has 1 aromatic heterocycles. The van der Waals surface area contributed by atoms with Crippen LogP contribution in [-0.2, 0) is 4.79 Å². The molecule has 0 atom stereocenters. The van der Waals surface area contributed by atoms with Crippen molar-refractivity contribution in [3.8, 4) is 0 Å². The van der Waals surface area contributed by atoms with Crippen molar-refractivity contribution in [2.24, 2.45) is 5.92 Å². The number of rotatable bonds is 6. The van der Waals surface area contributed by atoms with Crippen LogP contribution in [-0.4, -0.2) is 67.5 Å². The summed E-state index contributed by atoms with van der Waals surface area (Å²) in [7, 11) is 3.76.